The number of nitrogens with zero attached hydrogens (tertiary/aromatic N) is 1. The van der Waals surface area contributed by atoms with Crippen LogP contribution in [-0.4, -0.2) is 36.0 Å². The number of fused-ring (bicyclic) bond motifs is 1. The van der Waals surface area contributed by atoms with E-state index >= 15 is 0 Å². The average molecular weight is 311 g/mol. The van der Waals surface area contributed by atoms with Gasteiger partial charge in [-0.3, -0.25) is 9.64 Å². The van der Waals surface area contributed by atoms with E-state index < -0.39 is 12.5 Å². The number of halogens is 3. The van der Waals surface area contributed by atoms with Gasteiger partial charge in [0.15, 0.2) is 0 Å². The van der Waals surface area contributed by atoms with Gasteiger partial charge in [0.2, 0.25) is 0 Å². The smallest absolute Gasteiger partial charge is 0.290 e. The largest absolute Gasteiger partial charge is 0.523 e. The molecule has 1 saturated heterocycles. The number of rotatable bonds is 1. The summed E-state index contributed by atoms with van der Waals surface area (Å²) in [7, 11) is 2.19. The van der Waals surface area contributed by atoms with Crippen molar-refractivity contribution in [1.29, 1.82) is 0 Å². The molecule has 2 bridgehead atoms. The van der Waals surface area contributed by atoms with E-state index in [-0.39, 0.29) is 11.0 Å². The second-order valence-corrected chi connectivity index (χ2v) is 7.72. The highest BCUT2D eigenvalue weighted by molar-refractivity contribution is 5.60. The molecule has 2 spiro atoms. The summed E-state index contributed by atoms with van der Waals surface area (Å²) in [4.78, 5) is 2.47. The number of hydrogen-bond acceptors (Lipinski definition) is 2. The van der Waals surface area contributed by atoms with Crippen LogP contribution in [0.5, 0.6) is 0 Å². The quantitative estimate of drug-likeness (QED) is 0.683. The number of piperidine rings is 1. The maximum Gasteiger partial charge on any atom is 0.523 e. The Morgan fingerprint density at radius 1 is 1.32 bits per heavy atom. The van der Waals surface area contributed by atoms with Crippen LogP contribution < -0.4 is 0 Å². The Bertz CT molecular complexity index is 610. The third kappa shape index (κ3) is 1.41. The average Bonchev–Trinajstić information content (AvgIpc) is 2.80. The topological polar surface area (TPSA) is 12.2 Å². The van der Waals surface area contributed by atoms with Gasteiger partial charge in [-0.05, 0) is 49.6 Å². The third-order valence-corrected chi connectivity index (χ3v) is 7.09. The molecule has 120 valence electrons. The fourth-order valence-corrected chi connectivity index (χ4v) is 6.50. The van der Waals surface area contributed by atoms with E-state index in [0.29, 0.717) is 18.4 Å². The normalized spacial score (nSPS) is 51.6. The molecule has 2 nitrogen and oxygen atoms in total. The minimum absolute atomic E-state index is 0.157. The molecule has 1 aliphatic heterocycles. The van der Waals surface area contributed by atoms with E-state index in [4.69, 9.17) is 0 Å². The van der Waals surface area contributed by atoms with E-state index in [9.17, 15) is 13.2 Å². The molecule has 0 amide bonds. The Balaban J connectivity index is 1.53. The lowest BCUT2D eigenvalue weighted by Crippen LogP contribution is -2.38. The summed E-state index contributed by atoms with van der Waals surface area (Å²) in [5.41, 5.74) is 2.97. The van der Waals surface area contributed by atoms with Crippen molar-refractivity contribution < 1.29 is 17.9 Å². The summed E-state index contributed by atoms with van der Waals surface area (Å²) in [6, 6.07) is 0.635. The molecule has 6 atom stereocenters. The zero-order chi connectivity index (χ0) is 15.3. The van der Waals surface area contributed by atoms with Crippen LogP contribution >= 0.6 is 0 Å². The van der Waals surface area contributed by atoms with E-state index in [2.05, 4.69) is 16.7 Å². The molecule has 0 aromatic carbocycles. The summed E-state index contributed by atoms with van der Waals surface area (Å²) in [5, 5.41) is 0. The highest BCUT2D eigenvalue weighted by Crippen LogP contribution is 2.77. The van der Waals surface area contributed by atoms with Gasteiger partial charge in [0.1, 0.15) is 0 Å². The van der Waals surface area contributed by atoms with Crippen LogP contribution in [-0.2, 0) is 4.74 Å². The summed E-state index contributed by atoms with van der Waals surface area (Å²) in [5.74, 6) is 0.656. The Morgan fingerprint density at radius 3 is 2.91 bits per heavy atom. The Labute approximate surface area is 128 Å². The van der Waals surface area contributed by atoms with Gasteiger partial charge in [-0.1, -0.05) is 30.6 Å². The monoisotopic (exact) mass is 311 g/mol. The first-order valence-corrected chi connectivity index (χ1v) is 8.28. The first kappa shape index (κ1) is 13.6. The predicted molar refractivity (Wildman–Crippen MR) is 75.0 cm³/mol. The lowest BCUT2D eigenvalue weighted by Gasteiger charge is -2.44. The van der Waals surface area contributed by atoms with Crippen molar-refractivity contribution in [2.24, 2.45) is 11.3 Å². The number of likely N-dealkylation sites (tertiary alicyclic amines) is 1. The SMILES string of the molecule is CN1[C@@H]2[C@H]3CCCC[C@]34CC21C1=C4CC(OC(F)(F)F)C=C1. The highest BCUT2D eigenvalue weighted by Gasteiger charge is 2.80. The van der Waals surface area contributed by atoms with Crippen LogP contribution in [0.25, 0.3) is 0 Å². The van der Waals surface area contributed by atoms with E-state index in [0.717, 1.165) is 12.8 Å². The first-order valence-electron chi connectivity index (χ1n) is 8.28. The lowest BCUT2D eigenvalue weighted by atomic mass is 9.61. The van der Waals surface area contributed by atoms with Crippen molar-refractivity contribution in [2.45, 2.75) is 62.6 Å². The van der Waals surface area contributed by atoms with Crippen LogP contribution in [0.4, 0.5) is 13.2 Å². The second-order valence-electron chi connectivity index (χ2n) is 7.72. The molecule has 22 heavy (non-hydrogen) atoms. The van der Waals surface area contributed by atoms with Gasteiger partial charge in [-0.25, -0.2) is 0 Å². The molecule has 5 rings (SSSR count). The van der Waals surface area contributed by atoms with Gasteiger partial charge in [0, 0.05) is 6.04 Å². The van der Waals surface area contributed by atoms with Gasteiger partial charge in [-0.15, -0.1) is 13.2 Å². The molecule has 0 aromatic rings. The zero-order valence-electron chi connectivity index (χ0n) is 12.6. The lowest BCUT2D eigenvalue weighted by molar-refractivity contribution is -0.336. The Kier molecular flexibility index (Phi) is 2.36. The fourth-order valence-electron chi connectivity index (χ4n) is 6.50. The summed E-state index contributed by atoms with van der Waals surface area (Å²) >= 11 is 0. The van der Waals surface area contributed by atoms with Gasteiger partial charge in [-0.2, -0.15) is 0 Å². The van der Waals surface area contributed by atoms with Gasteiger partial charge >= 0.3 is 6.36 Å². The molecular weight excluding hydrogens is 291 g/mol. The second kappa shape index (κ2) is 3.81. The molecule has 0 radical (unpaired) electrons. The molecule has 5 heteroatoms. The molecule has 1 heterocycles. The minimum atomic E-state index is -4.55. The first-order chi connectivity index (χ1) is 10.4. The third-order valence-electron chi connectivity index (χ3n) is 7.09. The number of hydrogen-bond donors (Lipinski definition) is 0. The summed E-state index contributed by atoms with van der Waals surface area (Å²) < 4.78 is 42.0. The van der Waals surface area contributed by atoms with E-state index in [1.54, 1.807) is 6.08 Å². The minimum Gasteiger partial charge on any atom is -0.290 e. The molecule has 0 aromatic heterocycles. The van der Waals surface area contributed by atoms with Gasteiger partial charge in [0.05, 0.1) is 11.6 Å². The molecular formula is C17H20F3NO. The van der Waals surface area contributed by atoms with Crippen molar-refractivity contribution in [3.8, 4) is 0 Å². The van der Waals surface area contributed by atoms with Crippen LogP contribution in [0.1, 0.15) is 38.5 Å². The van der Waals surface area contributed by atoms with E-state index in [1.165, 1.54) is 30.4 Å². The number of likely N-dealkylation sites (N-methyl/N-ethyl adjacent to an activating group) is 1. The Morgan fingerprint density at radius 2 is 2.14 bits per heavy atom. The van der Waals surface area contributed by atoms with Gasteiger partial charge in [0.25, 0.3) is 0 Å². The predicted octanol–water partition coefficient (Wildman–Crippen LogP) is 3.79. The maximum absolute atomic E-state index is 12.6. The number of ether oxygens (including phenoxy) is 1. The standard InChI is InChI=1S/C17H20F3NO/c1-21-14-12-4-2-3-7-15(12)9-16(14,21)11-6-5-10(8-13(11)15)22-17(18,19)20/h5-6,10,12,14H,2-4,7-9H2,1H3/t10?,12-,14-,15+,16?,21?/m1/s1. The molecule has 3 fully saturated rings. The summed E-state index contributed by atoms with van der Waals surface area (Å²) in [6.07, 6.45) is 4.65. The van der Waals surface area contributed by atoms with Crippen LogP contribution in [0.15, 0.2) is 23.3 Å². The van der Waals surface area contributed by atoms with Crippen molar-refractivity contribution in [2.75, 3.05) is 7.05 Å². The van der Waals surface area contributed by atoms with Crippen molar-refractivity contribution in [1.82, 2.24) is 4.90 Å². The van der Waals surface area contributed by atoms with Gasteiger partial charge < -0.3 is 0 Å². The van der Waals surface area contributed by atoms with Crippen molar-refractivity contribution in [3.05, 3.63) is 23.3 Å². The maximum atomic E-state index is 12.6. The molecule has 5 aliphatic rings. The molecule has 0 N–H and O–H groups in total. The molecule has 4 aliphatic carbocycles. The highest BCUT2D eigenvalue weighted by atomic mass is 19.4. The van der Waals surface area contributed by atoms with Crippen molar-refractivity contribution in [3.63, 3.8) is 0 Å². The Hall–Kier alpha value is -0.810. The van der Waals surface area contributed by atoms with Crippen molar-refractivity contribution >= 4 is 0 Å². The molecule has 3 unspecified atom stereocenters. The molecule has 2 saturated carbocycles. The van der Waals surface area contributed by atoms with E-state index in [1.807, 2.05) is 6.08 Å². The summed E-state index contributed by atoms with van der Waals surface area (Å²) in [6.45, 7) is 0. The van der Waals surface area contributed by atoms with Crippen LogP contribution in [0.3, 0.4) is 0 Å². The zero-order valence-corrected chi connectivity index (χ0v) is 12.6. The van der Waals surface area contributed by atoms with Crippen LogP contribution in [0.2, 0.25) is 0 Å². The fraction of sp³-hybridized carbons (Fsp3) is 0.765. The number of alkyl halides is 3. The van der Waals surface area contributed by atoms with Crippen LogP contribution in [0, 0.1) is 11.3 Å².